The van der Waals surface area contributed by atoms with Gasteiger partial charge in [0, 0.05) is 0 Å². The quantitative estimate of drug-likeness (QED) is 0.205. The van der Waals surface area contributed by atoms with Gasteiger partial charge >= 0.3 is 11.7 Å². The Hall–Kier alpha value is -2.50. The topological polar surface area (TPSA) is 57.2 Å². The van der Waals surface area contributed by atoms with Crippen molar-refractivity contribution in [3.05, 3.63) is 90.5 Å². The molecule has 0 fully saturated rings. The highest BCUT2D eigenvalue weighted by Gasteiger charge is 2.41. The van der Waals surface area contributed by atoms with Gasteiger partial charge in [0.15, 0.2) is 24.8 Å². The van der Waals surface area contributed by atoms with Crippen LogP contribution in [0.3, 0.4) is 0 Å². The fourth-order valence-electron chi connectivity index (χ4n) is 2.38. The molecule has 0 aromatic heterocycles. The molecule has 0 N–H and O–H groups in total. The van der Waals surface area contributed by atoms with E-state index in [2.05, 4.69) is 0 Å². The van der Waals surface area contributed by atoms with Gasteiger partial charge in [-0.25, -0.2) is 8.42 Å². The van der Waals surface area contributed by atoms with Crippen molar-refractivity contribution >= 4 is 21.0 Å². The number of hydrogen-bond donors (Lipinski definition) is 0. The number of alkyl halides is 6. The van der Waals surface area contributed by atoms with Crippen LogP contribution in [0.15, 0.2) is 99.6 Å². The van der Waals surface area contributed by atoms with Crippen molar-refractivity contribution in [2.75, 3.05) is 0 Å². The van der Waals surface area contributed by atoms with Gasteiger partial charge in [-0.3, -0.25) is 0 Å². The normalized spacial score (nSPS) is 12.3. The van der Waals surface area contributed by atoms with Crippen molar-refractivity contribution in [3.63, 3.8) is 0 Å². The first-order valence-electron chi connectivity index (χ1n) is 8.35. The SMILES string of the molecule is FC(F)(F)c1ccccc1[S+](c1ccccc1)c1ccccc1.O=S(=O)([O-])C(F)(F)F. The molecule has 3 aromatic carbocycles. The van der Waals surface area contributed by atoms with E-state index in [1.807, 2.05) is 60.7 Å². The van der Waals surface area contributed by atoms with Gasteiger partial charge in [-0.2, -0.15) is 26.3 Å². The van der Waals surface area contributed by atoms with Gasteiger partial charge in [0.05, 0.1) is 10.9 Å². The molecule has 0 radical (unpaired) electrons. The molecule has 0 saturated heterocycles. The lowest BCUT2D eigenvalue weighted by molar-refractivity contribution is -0.139. The Morgan fingerprint density at radius 3 is 1.35 bits per heavy atom. The van der Waals surface area contributed by atoms with Crippen LogP contribution in [-0.4, -0.2) is 18.5 Å². The molecule has 0 atom stereocenters. The lowest BCUT2D eigenvalue weighted by atomic mass is 10.2. The largest absolute Gasteiger partial charge is 0.741 e. The maximum Gasteiger partial charge on any atom is 0.485 e. The Morgan fingerprint density at radius 1 is 0.645 bits per heavy atom. The first-order chi connectivity index (χ1) is 14.3. The molecule has 3 aromatic rings. The molecule has 0 bridgehead atoms. The summed E-state index contributed by atoms with van der Waals surface area (Å²) >= 11 is 0. The minimum absolute atomic E-state index is 0.303. The molecule has 0 aliphatic heterocycles. The van der Waals surface area contributed by atoms with Gasteiger partial charge in [-0.1, -0.05) is 48.5 Å². The molecule has 3 rings (SSSR count). The van der Waals surface area contributed by atoms with Crippen molar-refractivity contribution in [1.82, 2.24) is 0 Å². The molecule has 3 nitrogen and oxygen atoms in total. The molecule has 0 unspecified atom stereocenters. The Morgan fingerprint density at radius 2 is 1.00 bits per heavy atom. The van der Waals surface area contributed by atoms with Crippen molar-refractivity contribution in [3.8, 4) is 0 Å². The van der Waals surface area contributed by atoms with Crippen molar-refractivity contribution < 1.29 is 39.3 Å². The summed E-state index contributed by atoms with van der Waals surface area (Å²) in [6.07, 6.45) is -4.37. The summed E-state index contributed by atoms with van der Waals surface area (Å²) in [5.41, 5.74) is -6.22. The Bertz CT molecular complexity index is 1040. The van der Waals surface area contributed by atoms with Crippen LogP contribution >= 0.6 is 0 Å². The minimum atomic E-state index is -6.09. The second-order valence-electron chi connectivity index (χ2n) is 5.83. The Balaban J connectivity index is 0.000000366. The van der Waals surface area contributed by atoms with E-state index in [1.165, 1.54) is 6.07 Å². The highest BCUT2D eigenvalue weighted by Crippen LogP contribution is 2.39. The second-order valence-corrected chi connectivity index (χ2v) is 9.19. The number of hydrogen-bond acceptors (Lipinski definition) is 3. The van der Waals surface area contributed by atoms with Crippen LogP contribution in [-0.2, 0) is 27.2 Å². The van der Waals surface area contributed by atoms with Gasteiger partial charge in [0.1, 0.15) is 5.56 Å². The maximum absolute atomic E-state index is 13.4. The molecular weight excluding hydrogens is 466 g/mol. The van der Waals surface area contributed by atoms with Crippen LogP contribution in [0.2, 0.25) is 0 Å². The maximum atomic E-state index is 13.4. The smallest absolute Gasteiger partial charge is 0.485 e. The summed E-state index contributed by atoms with van der Waals surface area (Å²) in [7, 11) is -6.88. The van der Waals surface area contributed by atoms with Crippen LogP contribution in [0.1, 0.15) is 5.56 Å². The lowest BCUT2D eigenvalue weighted by Gasteiger charge is -2.13. The van der Waals surface area contributed by atoms with Crippen molar-refractivity contribution in [2.24, 2.45) is 0 Å². The molecule has 11 heteroatoms. The van der Waals surface area contributed by atoms with Crippen LogP contribution in [0.5, 0.6) is 0 Å². The number of halogens is 6. The number of benzene rings is 3. The average Bonchev–Trinajstić information content (AvgIpc) is 2.68. The summed E-state index contributed by atoms with van der Waals surface area (Å²) in [4.78, 5) is 2.04. The molecule has 0 saturated carbocycles. The fraction of sp³-hybridized carbons (Fsp3) is 0.100. The summed E-state index contributed by atoms with van der Waals surface area (Å²) in [5, 5.41) is 0. The molecule has 0 heterocycles. The molecular formula is C20H14F6O3S2. The third kappa shape index (κ3) is 6.74. The zero-order valence-corrected chi connectivity index (χ0v) is 17.0. The first-order valence-corrected chi connectivity index (χ1v) is 11.0. The van der Waals surface area contributed by atoms with Gasteiger partial charge in [0.2, 0.25) is 0 Å². The highest BCUT2D eigenvalue weighted by atomic mass is 32.2. The predicted octanol–water partition coefficient (Wildman–Crippen LogP) is 5.85. The van der Waals surface area contributed by atoms with Crippen molar-refractivity contribution in [2.45, 2.75) is 26.4 Å². The summed E-state index contributed by atoms with van der Waals surface area (Å²) < 4.78 is 99.2. The molecule has 0 aliphatic carbocycles. The van der Waals surface area contributed by atoms with E-state index in [9.17, 15) is 26.3 Å². The zero-order valence-electron chi connectivity index (χ0n) is 15.4. The summed E-state index contributed by atoms with van der Waals surface area (Å²) in [6, 6.07) is 24.5. The summed E-state index contributed by atoms with van der Waals surface area (Å²) in [6.45, 7) is 0. The highest BCUT2D eigenvalue weighted by molar-refractivity contribution is 7.97. The van der Waals surface area contributed by atoms with Gasteiger partial charge in [-0.15, -0.1) is 0 Å². The molecule has 0 amide bonds. The Labute approximate surface area is 177 Å². The summed E-state index contributed by atoms with van der Waals surface area (Å²) in [5.74, 6) is 0. The average molecular weight is 480 g/mol. The monoisotopic (exact) mass is 480 g/mol. The van der Waals surface area contributed by atoms with Crippen LogP contribution in [0.25, 0.3) is 0 Å². The van der Waals surface area contributed by atoms with E-state index >= 15 is 0 Å². The molecule has 166 valence electrons. The standard InChI is InChI=1S/C19H14F3S.CHF3O3S/c20-19(21,22)17-13-7-8-14-18(17)23(15-9-3-1-4-10-15)16-11-5-2-6-12-16;2-1(3,4)8(5,6)7/h1-14H;(H,5,6,7)/q+1;/p-1. The van der Waals surface area contributed by atoms with E-state index in [0.717, 1.165) is 15.9 Å². The van der Waals surface area contributed by atoms with E-state index in [4.69, 9.17) is 13.0 Å². The van der Waals surface area contributed by atoms with Crippen LogP contribution in [0, 0.1) is 0 Å². The van der Waals surface area contributed by atoms with Gasteiger partial charge in [0.25, 0.3) is 0 Å². The van der Waals surface area contributed by atoms with Crippen LogP contribution < -0.4 is 0 Å². The zero-order chi connectivity index (χ0) is 23.3. The minimum Gasteiger partial charge on any atom is -0.741 e. The van der Waals surface area contributed by atoms with Gasteiger partial charge < -0.3 is 4.55 Å². The first kappa shape index (κ1) is 24.8. The van der Waals surface area contributed by atoms with Crippen molar-refractivity contribution in [1.29, 1.82) is 0 Å². The van der Waals surface area contributed by atoms with Crippen LogP contribution in [0.4, 0.5) is 26.3 Å². The number of rotatable bonds is 3. The third-order valence-corrected chi connectivity index (χ3v) is 6.50. The van der Waals surface area contributed by atoms with Gasteiger partial charge in [-0.05, 0) is 36.4 Å². The molecule has 0 aliphatic rings. The van der Waals surface area contributed by atoms with E-state index in [1.54, 1.807) is 12.1 Å². The predicted molar refractivity (Wildman–Crippen MR) is 102 cm³/mol. The Kier molecular flexibility index (Phi) is 7.79. The van der Waals surface area contributed by atoms with E-state index in [0.29, 0.717) is 4.90 Å². The molecule has 31 heavy (non-hydrogen) atoms. The third-order valence-electron chi connectivity index (χ3n) is 3.65. The lowest BCUT2D eigenvalue weighted by Crippen LogP contribution is -2.21. The van der Waals surface area contributed by atoms with E-state index in [-0.39, 0.29) is 0 Å². The second kappa shape index (κ2) is 9.75. The fourth-order valence-corrected chi connectivity index (χ4v) is 4.64. The molecule has 0 spiro atoms. The van der Waals surface area contributed by atoms with E-state index < -0.39 is 38.3 Å².